The molecule has 0 N–H and O–H groups in total. The van der Waals surface area contributed by atoms with Crippen molar-refractivity contribution in [1.29, 1.82) is 0 Å². The van der Waals surface area contributed by atoms with Crippen LogP contribution in [0.2, 0.25) is 0 Å². The minimum Gasteiger partial charge on any atom is -0.461 e. The summed E-state index contributed by atoms with van der Waals surface area (Å²) in [6.45, 7) is 0.364. The molecular weight excluding hydrogens is 300 g/mol. The molecule has 0 saturated carbocycles. The molecule has 1 saturated heterocycles. The topological polar surface area (TPSA) is 26.3 Å². The lowest BCUT2D eigenvalue weighted by Gasteiger charge is -2.06. The molecule has 0 aliphatic carbocycles. The van der Waals surface area contributed by atoms with Crippen LogP contribution >= 0.6 is 21.6 Å². The minimum atomic E-state index is -0.0823. The van der Waals surface area contributed by atoms with Gasteiger partial charge in [-0.2, -0.15) is 0 Å². The second-order valence-corrected chi connectivity index (χ2v) is 7.86. The van der Waals surface area contributed by atoms with Gasteiger partial charge in [0.15, 0.2) is 0 Å². The highest BCUT2D eigenvalue weighted by atomic mass is 33.1. The van der Waals surface area contributed by atoms with E-state index in [9.17, 15) is 4.79 Å². The van der Waals surface area contributed by atoms with Gasteiger partial charge in [-0.3, -0.25) is 4.79 Å². The molecule has 21 heavy (non-hydrogen) atoms. The molecule has 1 heterocycles. The van der Waals surface area contributed by atoms with Gasteiger partial charge in [-0.1, -0.05) is 64.4 Å². The number of carbonyl (C=O) groups excluding carboxylic acids is 1. The van der Waals surface area contributed by atoms with Crippen LogP contribution in [-0.4, -0.2) is 23.6 Å². The average Bonchev–Trinajstić information content (AvgIpc) is 3.02. The molecule has 0 spiro atoms. The summed E-state index contributed by atoms with van der Waals surface area (Å²) < 4.78 is 5.20. The second kappa shape index (κ2) is 9.96. The zero-order valence-electron chi connectivity index (χ0n) is 12.2. The maximum absolute atomic E-state index is 11.6. The fraction of sp³-hybridized carbons (Fsp3) is 0.471. The van der Waals surface area contributed by atoms with E-state index in [0.29, 0.717) is 13.0 Å². The van der Waals surface area contributed by atoms with Gasteiger partial charge < -0.3 is 4.74 Å². The first-order chi connectivity index (χ1) is 10.3. The molecule has 0 amide bonds. The van der Waals surface area contributed by atoms with Crippen LogP contribution in [0.3, 0.4) is 0 Å². The van der Waals surface area contributed by atoms with Crippen LogP contribution in [0.15, 0.2) is 36.4 Å². The average molecular weight is 322 g/mol. The van der Waals surface area contributed by atoms with Crippen molar-refractivity contribution >= 4 is 33.6 Å². The molecule has 4 heteroatoms. The number of esters is 1. The minimum absolute atomic E-state index is 0.0823. The molecule has 2 nitrogen and oxygen atoms in total. The fourth-order valence-corrected chi connectivity index (χ4v) is 5.20. The Kier molecular flexibility index (Phi) is 7.82. The number of unbranched alkanes of at least 4 members (excludes halogenated alkanes) is 1. The SMILES string of the molecule is O=C(CCCCC1CCSS1)OC/C=C/c1ccccc1. The monoisotopic (exact) mass is 322 g/mol. The Balaban J connectivity index is 1.50. The molecule has 114 valence electrons. The Morgan fingerprint density at radius 3 is 2.90 bits per heavy atom. The maximum Gasteiger partial charge on any atom is 0.306 e. The van der Waals surface area contributed by atoms with Crippen molar-refractivity contribution in [2.45, 2.75) is 37.4 Å². The first-order valence-electron chi connectivity index (χ1n) is 7.50. The molecule has 1 aliphatic rings. The van der Waals surface area contributed by atoms with E-state index in [1.54, 1.807) is 0 Å². The summed E-state index contributed by atoms with van der Waals surface area (Å²) in [6.07, 6.45) is 9.05. The van der Waals surface area contributed by atoms with Gasteiger partial charge in [0.05, 0.1) is 0 Å². The van der Waals surface area contributed by atoms with Crippen LogP contribution in [0.4, 0.5) is 0 Å². The third-order valence-corrected chi connectivity index (χ3v) is 6.34. The van der Waals surface area contributed by atoms with E-state index in [2.05, 4.69) is 0 Å². The maximum atomic E-state index is 11.6. The quantitative estimate of drug-likeness (QED) is 0.384. The van der Waals surface area contributed by atoms with Crippen molar-refractivity contribution in [1.82, 2.24) is 0 Å². The summed E-state index contributed by atoms with van der Waals surface area (Å²) in [4.78, 5) is 11.6. The summed E-state index contributed by atoms with van der Waals surface area (Å²) in [6, 6.07) is 10.0. The summed E-state index contributed by atoms with van der Waals surface area (Å²) in [5.41, 5.74) is 1.13. The molecule has 1 aromatic rings. The Labute approximate surface area is 135 Å². The van der Waals surface area contributed by atoms with E-state index in [0.717, 1.165) is 23.7 Å². The Morgan fingerprint density at radius 2 is 2.14 bits per heavy atom. The lowest BCUT2D eigenvalue weighted by Crippen LogP contribution is -2.05. The van der Waals surface area contributed by atoms with Crippen LogP contribution < -0.4 is 0 Å². The number of hydrogen-bond acceptors (Lipinski definition) is 4. The largest absolute Gasteiger partial charge is 0.461 e. The molecule has 1 atom stereocenters. The fourth-order valence-electron chi connectivity index (χ4n) is 2.17. The first kappa shape index (κ1) is 16.5. The standard InChI is InChI=1S/C17H22O2S2/c18-17(11-5-4-10-16-12-14-20-21-16)19-13-6-9-15-7-2-1-3-8-15/h1-3,6-9,16H,4-5,10-14H2/b9-6+. The van der Waals surface area contributed by atoms with E-state index in [1.807, 2.05) is 64.1 Å². The summed E-state index contributed by atoms with van der Waals surface area (Å²) in [5, 5.41) is 0.805. The third-order valence-electron chi connectivity index (χ3n) is 3.33. The van der Waals surface area contributed by atoms with Crippen molar-refractivity contribution in [2.24, 2.45) is 0 Å². The first-order valence-corrected chi connectivity index (χ1v) is 9.88. The third kappa shape index (κ3) is 7.09. The van der Waals surface area contributed by atoms with Crippen molar-refractivity contribution < 1.29 is 9.53 Å². The van der Waals surface area contributed by atoms with Gasteiger partial charge in [0.1, 0.15) is 6.61 Å². The zero-order valence-corrected chi connectivity index (χ0v) is 13.8. The lowest BCUT2D eigenvalue weighted by atomic mass is 10.1. The predicted octanol–water partition coefficient (Wildman–Crippen LogP) is 4.96. The Hall–Kier alpha value is -0.870. The molecule has 1 fully saturated rings. The zero-order chi connectivity index (χ0) is 14.8. The number of ether oxygens (including phenoxy) is 1. The molecular formula is C17H22O2S2. The van der Waals surface area contributed by atoms with E-state index in [4.69, 9.17) is 4.74 Å². The predicted molar refractivity (Wildman–Crippen MR) is 93.4 cm³/mol. The molecule has 0 bridgehead atoms. The Bertz CT molecular complexity index is 439. The van der Waals surface area contributed by atoms with Crippen LogP contribution in [0, 0.1) is 0 Å². The van der Waals surface area contributed by atoms with E-state index >= 15 is 0 Å². The van der Waals surface area contributed by atoms with Crippen molar-refractivity contribution in [3.63, 3.8) is 0 Å². The molecule has 1 unspecified atom stereocenters. The summed E-state index contributed by atoms with van der Waals surface area (Å²) in [7, 11) is 3.98. The van der Waals surface area contributed by atoms with Gasteiger partial charge in [-0.15, -0.1) is 0 Å². The summed E-state index contributed by atoms with van der Waals surface area (Å²) in [5.74, 6) is 1.20. The van der Waals surface area contributed by atoms with Crippen LogP contribution in [0.25, 0.3) is 6.08 Å². The Morgan fingerprint density at radius 1 is 1.29 bits per heavy atom. The van der Waals surface area contributed by atoms with Gasteiger partial charge in [-0.05, 0) is 30.9 Å². The van der Waals surface area contributed by atoms with Crippen LogP contribution in [0.1, 0.15) is 37.7 Å². The van der Waals surface area contributed by atoms with Crippen molar-refractivity contribution in [2.75, 3.05) is 12.4 Å². The highest BCUT2D eigenvalue weighted by Gasteiger charge is 2.15. The van der Waals surface area contributed by atoms with Gasteiger partial charge in [0.25, 0.3) is 0 Å². The number of hydrogen-bond donors (Lipinski definition) is 0. The number of rotatable bonds is 8. The van der Waals surface area contributed by atoms with Crippen LogP contribution in [0.5, 0.6) is 0 Å². The van der Waals surface area contributed by atoms with Gasteiger partial charge in [0, 0.05) is 17.4 Å². The van der Waals surface area contributed by atoms with Crippen LogP contribution in [-0.2, 0) is 9.53 Å². The molecule has 2 rings (SSSR count). The molecule has 0 radical (unpaired) electrons. The molecule has 1 aromatic carbocycles. The lowest BCUT2D eigenvalue weighted by molar-refractivity contribution is -0.142. The van der Waals surface area contributed by atoms with Crippen molar-refractivity contribution in [3.8, 4) is 0 Å². The van der Waals surface area contributed by atoms with Crippen molar-refractivity contribution in [3.05, 3.63) is 42.0 Å². The van der Waals surface area contributed by atoms with Gasteiger partial charge in [0.2, 0.25) is 0 Å². The smallest absolute Gasteiger partial charge is 0.306 e. The summed E-state index contributed by atoms with van der Waals surface area (Å²) >= 11 is 0. The van der Waals surface area contributed by atoms with E-state index < -0.39 is 0 Å². The highest BCUT2D eigenvalue weighted by molar-refractivity contribution is 8.77. The molecule has 1 aliphatic heterocycles. The normalized spacial score (nSPS) is 18.2. The molecule has 0 aromatic heterocycles. The van der Waals surface area contributed by atoms with Gasteiger partial charge in [-0.25, -0.2) is 0 Å². The highest BCUT2D eigenvalue weighted by Crippen LogP contribution is 2.39. The van der Waals surface area contributed by atoms with E-state index in [-0.39, 0.29) is 5.97 Å². The second-order valence-electron chi connectivity index (χ2n) is 5.07. The number of carbonyl (C=O) groups is 1. The number of benzene rings is 1. The van der Waals surface area contributed by atoms with Gasteiger partial charge >= 0.3 is 5.97 Å². The van der Waals surface area contributed by atoms with E-state index in [1.165, 1.54) is 18.6 Å².